The molecule has 1 atom stereocenters. The Bertz CT molecular complexity index is 1190. The first-order valence-corrected chi connectivity index (χ1v) is 11.5. The standard InChI is InChI=1S/C26H31N5O2/c1-16(18-5-3-2-4-6-18)30-26(33)23-13-20-11-12-21(24(27)28)14-22(20)31(23)15-17-7-9-19(10-8-17)25(29)32/h7-14,16,18H,2-6,15H2,1H3,(H3,27,28)(H2,29,32)(H,30,33)/t16-/m0/s1. The Morgan fingerprint density at radius 2 is 1.70 bits per heavy atom. The minimum Gasteiger partial charge on any atom is -0.384 e. The van der Waals surface area contributed by atoms with E-state index in [0.29, 0.717) is 29.3 Å². The molecular weight excluding hydrogens is 414 g/mol. The lowest BCUT2D eigenvalue weighted by molar-refractivity contribution is 0.0910. The number of nitrogens with zero attached hydrogens (tertiary/aromatic N) is 1. The molecule has 6 N–H and O–H groups in total. The fraction of sp³-hybridized carbons (Fsp3) is 0.346. The Hall–Kier alpha value is -3.61. The monoisotopic (exact) mass is 445 g/mol. The van der Waals surface area contributed by atoms with Crippen LogP contribution in [0.4, 0.5) is 0 Å². The first-order chi connectivity index (χ1) is 15.8. The van der Waals surface area contributed by atoms with Crippen LogP contribution in [-0.4, -0.2) is 28.3 Å². The number of nitrogens with two attached hydrogens (primary N) is 2. The first-order valence-electron chi connectivity index (χ1n) is 11.5. The highest BCUT2D eigenvalue weighted by Crippen LogP contribution is 2.27. The largest absolute Gasteiger partial charge is 0.384 e. The normalized spacial score (nSPS) is 15.3. The summed E-state index contributed by atoms with van der Waals surface area (Å²) in [5, 5.41) is 11.9. The Morgan fingerprint density at radius 1 is 1.03 bits per heavy atom. The maximum Gasteiger partial charge on any atom is 0.268 e. The third kappa shape index (κ3) is 4.92. The van der Waals surface area contributed by atoms with Crippen LogP contribution < -0.4 is 16.8 Å². The molecule has 1 aliphatic carbocycles. The molecule has 2 aromatic carbocycles. The number of amides is 2. The molecular formula is C26H31N5O2. The molecule has 0 radical (unpaired) electrons. The van der Waals surface area contributed by atoms with Crippen molar-refractivity contribution in [1.29, 1.82) is 5.41 Å². The van der Waals surface area contributed by atoms with Gasteiger partial charge in [0.25, 0.3) is 5.91 Å². The van der Waals surface area contributed by atoms with Crippen LogP contribution in [0.5, 0.6) is 0 Å². The van der Waals surface area contributed by atoms with E-state index < -0.39 is 5.91 Å². The zero-order valence-corrected chi connectivity index (χ0v) is 18.9. The highest BCUT2D eigenvalue weighted by atomic mass is 16.2. The van der Waals surface area contributed by atoms with Crippen molar-refractivity contribution in [2.75, 3.05) is 0 Å². The second-order valence-electron chi connectivity index (χ2n) is 9.02. The number of benzene rings is 2. The van der Waals surface area contributed by atoms with Crippen molar-refractivity contribution in [3.05, 3.63) is 70.9 Å². The highest BCUT2D eigenvalue weighted by Gasteiger charge is 2.24. The van der Waals surface area contributed by atoms with Crippen molar-refractivity contribution in [2.24, 2.45) is 17.4 Å². The van der Waals surface area contributed by atoms with Gasteiger partial charge in [-0.15, -0.1) is 0 Å². The zero-order chi connectivity index (χ0) is 23.5. The van der Waals surface area contributed by atoms with Gasteiger partial charge >= 0.3 is 0 Å². The number of hydrogen-bond donors (Lipinski definition) is 4. The van der Waals surface area contributed by atoms with E-state index in [1.807, 2.05) is 34.9 Å². The van der Waals surface area contributed by atoms with Gasteiger partial charge in [-0.1, -0.05) is 43.5 Å². The van der Waals surface area contributed by atoms with Gasteiger partial charge in [-0.2, -0.15) is 0 Å². The fourth-order valence-electron chi connectivity index (χ4n) is 4.77. The quantitative estimate of drug-likeness (QED) is 0.326. The topological polar surface area (TPSA) is 127 Å². The lowest BCUT2D eigenvalue weighted by Crippen LogP contribution is -2.39. The summed E-state index contributed by atoms with van der Waals surface area (Å²) in [5.74, 6) is -0.100. The van der Waals surface area contributed by atoms with Crippen molar-refractivity contribution in [3.63, 3.8) is 0 Å². The van der Waals surface area contributed by atoms with E-state index >= 15 is 0 Å². The van der Waals surface area contributed by atoms with E-state index in [4.69, 9.17) is 16.9 Å². The van der Waals surface area contributed by atoms with Crippen molar-refractivity contribution >= 4 is 28.6 Å². The van der Waals surface area contributed by atoms with Crippen LogP contribution in [0, 0.1) is 11.3 Å². The van der Waals surface area contributed by atoms with Crippen LogP contribution in [0.15, 0.2) is 48.5 Å². The van der Waals surface area contributed by atoms with Crippen LogP contribution in [0.25, 0.3) is 10.9 Å². The smallest absolute Gasteiger partial charge is 0.268 e. The number of primary amides is 1. The second kappa shape index (κ2) is 9.48. The van der Waals surface area contributed by atoms with Gasteiger partial charge in [0.2, 0.25) is 5.91 Å². The summed E-state index contributed by atoms with van der Waals surface area (Å²) in [6.07, 6.45) is 6.02. The van der Waals surface area contributed by atoms with Crippen LogP contribution in [0.2, 0.25) is 0 Å². The van der Waals surface area contributed by atoms with Gasteiger partial charge < -0.3 is 21.4 Å². The molecule has 33 heavy (non-hydrogen) atoms. The van der Waals surface area contributed by atoms with Crippen molar-refractivity contribution in [3.8, 4) is 0 Å². The second-order valence-corrected chi connectivity index (χ2v) is 9.02. The van der Waals surface area contributed by atoms with Gasteiger partial charge in [-0.3, -0.25) is 15.0 Å². The summed E-state index contributed by atoms with van der Waals surface area (Å²) in [7, 11) is 0. The van der Waals surface area contributed by atoms with E-state index in [1.165, 1.54) is 19.3 Å². The van der Waals surface area contributed by atoms with Gasteiger partial charge in [-0.25, -0.2) is 0 Å². The molecule has 0 saturated heterocycles. The summed E-state index contributed by atoms with van der Waals surface area (Å²) in [6, 6.07) is 14.6. The number of fused-ring (bicyclic) bond motifs is 1. The molecule has 1 aromatic heterocycles. The molecule has 0 spiro atoms. The van der Waals surface area contributed by atoms with Gasteiger partial charge in [0.15, 0.2) is 0 Å². The van der Waals surface area contributed by atoms with Crippen molar-refractivity contribution in [2.45, 2.75) is 51.6 Å². The molecule has 172 valence electrons. The first kappa shape index (κ1) is 22.6. The van der Waals surface area contributed by atoms with Crippen LogP contribution in [0.3, 0.4) is 0 Å². The molecule has 1 heterocycles. The summed E-state index contributed by atoms with van der Waals surface area (Å²) >= 11 is 0. The molecule has 0 unspecified atom stereocenters. The molecule has 2 amide bonds. The highest BCUT2D eigenvalue weighted by molar-refractivity contribution is 6.02. The van der Waals surface area contributed by atoms with Crippen molar-refractivity contribution < 1.29 is 9.59 Å². The Balaban J connectivity index is 1.69. The average Bonchev–Trinajstić information content (AvgIpc) is 3.17. The van der Waals surface area contributed by atoms with Crippen LogP contribution in [-0.2, 0) is 6.54 Å². The van der Waals surface area contributed by atoms with E-state index in [9.17, 15) is 9.59 Å². The number of aromatic nitrogens is 1. The lowest BCUT2D eigenvalue weighted by atomic mass is 9.84. The minimum atomic E-state index is -0.476. The van der Waals surface area contributed by atoms with E-state index in [1.54, 1.807) is 18.2 Å². The number of amidine groups is 1. The van der Waals surface area contributed by atoms with Crippen LogP contribution in [0.1, 0.15) is 71.0 Å². The summed E-state index contributed by atoms with van der Waals surface area (Å²) in [6.45, 7) is 2.53. The van der Waals surface area contributed by atoms with Crippen molar-refractivity contribution in [1.82, 2.24) is 9.88 Å². The third-order valence-corrected chi connectivity index (χ3v) is 6.74. The molecule has 1 fully saturated rings. The molecule has 3 aromatic rings. The Morgan fingerprint density at radius 3 is 2.33 bits per heavy atom. The molecule has 1 aliphatic rings. The molecule has 0 aliphatic heterocycles. The number of nitrogen functional groups attached to an aromatic ring is 1. The number of rotatable bonds is 7. The van der Waals surface area contributed by atoms with Gasteiger partial charge in [0.05, 0.1) is 0 Å². The summed E-state index contributed by atoms with van der Waals surface area (Å²) in [4.78, 5) is 24.8. The lowest BCUT2D eigenvalue weighted by Gasteiger charge is -2.28. The number of carbonyl (C=O) groups excluding carboxylic acids is 2. The maximum atomic E-state index is 13.4. The zero-order valence-electron chi connectivity index (χ0n) is 18.9. The molecule has 7 nitrogen and oxygen atoms in total. The van der Waals surface area contributed by atoms with Gasteiger partial charge in [0, 0.05) is 34.6 Å². The molecule has 0 bridgehead atoms. The SMILES string of the molecule is C[C@H](NC(=O)c1cc2ccc(C(=N)N)cc2n1Cc1ccc(C(N)=O)cc1)C1CCCCC1. The predicted molar refractivity (Wildman–Crippen MR) is 131 cm³/mol. The van der Waals surface area contributed by atoms with E-state index in [2.05, 4.69) is 12.2 Å². The van der Waals surface area contributed by atoms with Crippen LogP contribution >= 0.6 is 0 Å². The molecule has 1 saturated carbocycles. The van der Waals surface area contributed by atoms with E-state index in [-0.39, 0.29) is 17.8 Å². The number of hydrogen-bond acceptors (Lipinski definition) is 3. The summed E-state index contributed by atoms with van der Waals surface area (Å²) < 4.78 is 1.95. The Labute approximate surface area is 193 Å². The molecule has 4 rings (SSSR count). The van der Waals surface area contributed by atoms with Gasteiger partial charge in [0.1, 0.15) is 11.5 Å². The summed E-state index contributed by atoms with van der Waals surface area (Å²) in [5.41, 5.74) is 14.4. The minimum absolute atomic E-state index is 0.0209. The number of nitrogens with one attached hydrogen (secondary N) is 2. The maximum absolute atomic E-state index is 13.4. The van der Waals surface area contributed by atoms with Gasteiger partial charge in [-0.05, 0) is 55.5 Å². The van der Waals surface area contributed by atoms with E-state index in [0.717, 1.165) is 29.3 Å². The predicted octanol–water partition coefficient (Wildman–Crippen LogP) is 3.77. The Kier molecular flexibility index (Phi) is 6.49. The average molecular weight is 446 g/mol. The molecule has 7 heteroatoms. The number of carbonyl (C=O) groups is 2. The fourth-order valence-corrected chi connectivity index (χ4v) is 4.77. The third-order valence-electron chi connectivity index (χ3n) is 6.74.